The quantitative estimate of drug-likeness (QED) is 0.228. The van der Waals surface area contributed by atoms with Crippen molar-refractivity contribution in [1.82, 2.24) is 5.43 Å². The molecule has 11 heteroatoms. The molecule has 0 atom stereocenters. The smallest absolute Gasteiger partial charge is 0.339 e. The van der Waals surface area contributed by atoms with E-state index >= 15 is 0 Å². The molecule has 0 bridgehead atoms. The minimum Gasteiger partial charge on any atom is -0.497 e. The highest BCUT2D eigenvalue weighted by Gasteiger charge is 2.18. The van der Waals surface area contributed by atoms with Gasteiger partial charge in [-0.25, -0.2) is 5.43 Å². The van der Waals surface area contributed by atoms with Crippen LogP contribution in [0.15, 0.2) is 79.6 Å². The van der Waals surface area contributed by atoms with Crippen molar-refractivity contribution in [2.75, 3.05) is 14.2 Å². The van der Waals surface area contributed by atoms with E-state index in [1.165, 1.54) is 50.8 Å². The van der Waals surface area contributed by atoms with Crippen LogP contribution in [-0.2, 0) is 10.1 Å². The first-order chi connectivity index (χ1) is 15.7. The molecular weight excluding hydrogens is 580 g/mol. The summed E-state index contributed by atoms with van der Waals surface area (Å²) in [6.45, 7) is 0. The Bertz CT molecular complexity index is 1290. The van der Waals surface area contributed by atoms with E-state index in [4.69, 9.17) is 13.7 Å². The van der Waals surface area contributed by atoms with E-state index in [9.17, 15) is 13.2 Å². The monoisotopic (exact) mass is 596 g/mol. The molecule has 0 aromatic heterocycles. The van der Waals surface area contributed by atoms with Crippen LogP contribution >= 0.6 is 31.9 Å². The molecule has 0 fully saturated rings. The molecule has 8 nitrogen and oxygen atoms in total. The summed E-state index contributed by atoms with van der Waals surface area (Å²) < 4.78 is 41.6. The van der Waals surface area contributed by atoms with E-state index in [0.717, 1.165) is 4.47 Å². The summed E-state index contributed by atoms with van der Waals surface area (Å²) in [5.41, 5.74) is 3.34. The molecule has 0 aliphatic heterocycles. The van der Waals surface area contributed by atoms with Gasteiger partial charge in [-0.1, -0.05) is 15.9 Å². The van der Waals surface area contributed by atoms with Crippen molar-refractivity contribution < 1.29 is 26.9 Å². The first kappa shape index (κ1) is 24.7. The minimum absolute atomic E-state index is 0.00784. The second-order valence-corrected chi connectivity index (χ2v) is 9.76. The zero-order valence-corrected chi connectivity index (χ0v) is 21.4. The first-order valence-electron chi connectivity index (χ1n) is 9.28. The highest BCUT2D eigenvalue weighted by Crippen LogP contribution is 2.29. The Morgan fingerprint density at radius 2 is 1.64 bits per heavy atom. The Labute approximate surface area is 207 Å². The van der Waals surface area contributed by atoms with Gasteiger partial charge >= 0.3 is 10.1 Å². The highest BCUT2D eigenvalue weighted by molar-refractivity contribution is 9.10. The molecule has 0 aliphatic carbocycles. The zero-order chi connectivity index (χ0) is 24.0. The molecule has 0 aliphatic rings. The summed E-state index contributed by atoms with van der Waals surface area (Å²) in [6, 6.07) is 15.6. The molecular formula is C22H18Br2N2O6S. The number of nitrogens with zero attached hydrogens (tertiary/aromatic N) is 1. The lowest BCUT2D eigenvalue weighted by Crippen LogP contribution is -2.18. The van der Waals surface area contributed by atoms with Gasteiger partial charge in [-0.2, -0.15) is 13.5 Å². The van der Waals surface area contributed by atoms with E-state index in [-0.39, 0.29) is 10.6 Å². The number of amides is 1. The lowest BCUT2D eigenvalue weighted by atomic mass is 10.2. The van der Waals surface area contributed by atoms with Gasteiger partial charge < -0.3 is 13.7 Å². The number of hydrazone groups is 1. The van der Waals surface area contributed by atoms with Crippen LogP contribution in [0.5, 0.6) is 17.2 Å². The first-order valence-corrected chi connectivity index (χ1v) is 12.3. The summed E-state index contributed by atoms with van der Waals surface area (Å²) in [6.07, 6.45) is 1.41. The maximum Gasteiger partial charge on any atom is 0.339 e. The maximum atomic E-state index is 12.5. The van der Waals surface area contributed by atoms with Crippen LogP contribution in [0.3, 0.4) is 0 Å². The second-order valence-electron chi connectivity index (χ2n) is 6.45. The van der Waals surface area contributed by atoms with Gasteiger partial charge in [-0.3, -0.25) is 4.79 Å². The largest absolute Gasteiger partial charge is 0.497 e. The van der Waals surface area contributed by atoms with Crippen LogP contribution in [0.4, 0.5) is 0 Å². The molecule has 0 saturated heterocycles. The number of hydrogen-bond donors (Lipinski definition) is 1. The molecule has 1 N–H and O–H groups in total. The highest BCUT2D eigenvalue weighted by atomic mass is 79.9. The van der Waals surface area contributed by atoms with Gasteiger partial charge in [0.15, 0.2) is 5.75 Å². The van der Waals surface area contributed by atoms with E-state index in [2.05, 4.69) is 42.4 Å². The van der Waals surface area contributed by atoms with Crippen LogP contribution in [0.1, 0.15) is 15.9 Å². The third-order valence-corrected chi connectivity index (χ3v) is 6.65. The molecule has 172 valence electrons. The van der Waals surface area contributed by atoms with E-state index in [1.54, 1.807) is 30.3 Å². The van der Waals surface area contributed by atoms with Crippen molar-refractivity contribution in [3.8, 4) is 17.2 Å². The third kappa shape index (κ3) is 6.34. The average Bonchev–Trinajstić information content (AvgIpc) is 2.80. The lowest BCUT2D eigenvalue weighted by Gasteiger charge is -2.10. The molecule has 0 unspecified atom stereocenters. The number of nitrogens with one attached hydrogen (secondary N) is 1. The van der Waals surface area contributed by atoms with Gasteiger partial charge in [-0.05, 0) is 82.2 Å². The summed E-state index contributed by atoms with van der Waals surface area (Å²) in [4.78, 5) is 12.4. The van der Waals surface area contributed by atoms with Crippen molar-refractivity contribution in [2.24, 2.45) is 5.10 Å². The predicted molar refractivity (Wildman–Crippen MR) is 131 cm³/mol. The topological polar surface area (TPSA) is 103 Å². The van der Waals surface area contributed by atoms with Crippen LogP contribution in [-0.4, -0.2) is 34.8 Å². The average molecular weight is 598 g/mol. The third-order valence-electron chi connectivity index (χ3n) is 4.29. The summed E-state index contributed by atoms with van der Waals surface area (Å²) in [5, 5.41) is 3.95. The van der Waals surface area contributed by atoms with Crippen LogP contribution in [0.25, 0.3) is 0 Å². The van der Waals surface area contributed by atoms with Gasteiger partial charge in [0.05, 0.1) is 30.5 Å². The standard InChI is InChI=1S/C22H18Br2N2O6S/c1-30-16-5-7-17(8-6-16)33(28,29)32-21-9-3-14(11-19(21)24)13-25-26-22(27)18-12-15(23)4-10-20(18)31-2/h3-13H,1-2H3,(H,26,27)/b25-13-. The fourth-order valence-electron chi connectivity index (χ4n) is 2.66. The van der Waals surface area contributed by atoms with E-state index in [0.29, 0.717) is 27.1 Å². The van der Waals surface area contributed by atoms with Crippen LogP contribution < -0.4 is 19.1 Å². The van der Waals surface area contributed by atoms with Crippen LogP contribution in [0.2, 0.25) is 0 Å². The van der Waals surface area contributed by atoms with E-state index in [1.807, 2.05) is 0 Å². The SMILES string of the molecule is COc1ccc(S(=O)(=O)Oc2ccc(/C=N\NC(=O)c3cc(Br)ccc3OC)cc2Br)cc1. The zero-order valence-electron chi connectivity index (χ0n) is 17.4. The van der Waals surface area contributed by atoms with Gasteiger partial charge in [-0.15, -0.1) is 0 Å². The Morgan fingerprint density at radius 3 is 2.27 bits per heavy atom. The number of rotatable bonds is 8. The number of methoxy groups -OCH3 is 2. The normalized spacial score (nSPS) is 11.3. The predicted octanol–water partition coefficient (Wildman–Crippen LogP) is 4.76. The Kier molecular flexibility index (Phi) is 8.11. The molecule has 0 spiro atoms. The van der Waals surface area contributed by atoms with Gasteiger partial charge in [0.1, 0.15) is 16.4 Å². The molecule has 0 radical (unpaired) electrons. The molecule has 0 heterocycles. The Morgan fingerprint density at radius 1 is 0.939 bits per heavy atom. The number of hydrogen-bond acceptors (Lipinski definition) is 7. The van der Waals surface area contributed by atoms with E-state index < -0.39 is 16.0 Å². The van der Waals surface area contributed by atoms with Gasteiger partial charge in [0.25, 0.3) is 5.91 Å². The van der Waals surface area contributed by atoms with Crippen molar-refractivity contribution in [3.05, 3.63) is 80.7 Å². The summed E-state index contributed by atoms with van der Waals surface area (Å²) in [5.74, 6) is 0.595. The summed E-state index contributed by atoms with van der Waals surface area (Å²) >= 11 is 6.62. The van der Waals surface area contributed by atoms with Crippen molar-refractivity contribution in [3.63, 3.8) is 0 Å². The molecule has 0 saturated carbocycles. The Hall–Kier alpha value is -2.89. The molecule has 3 rings (SSSR count). The lowest BCUT2D eigenvalue weighted by molar-refractivity contribution is 0.0952. The number of benzene rings is 3. The number of carbonyl (C=O) groups excluding carboxylic acids is 1. The van der Waals surface area contributed by atoms with Gasteiger partial charge in [0, 0.05) is 4.47 Å². The molecule has 33 heavy (non-hydrogen) atoms. The van der Waals surface area contributed by atoms with Gasteiger partial charge in [0.2, 0.25) is 0 Å². The maximum absolute atomic E-state index is 12.5. The van der Waals surface area contributed by atoms with Crippen LogP contribution in [0, 0.1) is 0 Å². The molecule has 3 aromatic carbocycles. The summed E-state index contributed by atoms with van der Waals surface area (Å²) in [7, 11) is -1.07. The number of ether oxygens (including phenoxy) is 2. The number of halogens is 2. The fraction of sp³-hybridized carbons (Fsp3) is 0.0909. The Balaban J connectivity index is 1.69. The molecule has 3 aromatic rings. The number of carbonyl (C=O) groups is 1. The molecule has 1 amide bonds. The van der Waals surface area contributed by atoms with Crippen molar-refractivity contribution in [1.29, 1.82) is 0 Å². The minimum atomic E-state index is -4.03. The fourth-order valence-corrected chi connectivity index (χ4v) is 4.55. The van der Waals surface area contributed by atoms with Crippen molar-refractivity contribution >= 4 is 54.1 Å². The van der Waals surface area contributed by atoms with Crippen molar-refractivity contribution in [2.45, 2.75) is 4.90 Å². The second kappa shape index (κ2) is 10.8.